The number of ether oxygens (including phenoxy) is 9. The van der Waals surface area contributed by atoms with E-state index in [4.69, 9.17) is 53.2 Å². The second-order valence-corrected chi connectivity index (χ2v) is 28.7. The van der Waals surface area contributed by atoms with Crippen LogP contribution in [0.4, 0.5) is 15.3 Å². The number of nitrogens with zero attached hydrogens (tertiary/aromatic N) is 1. The molecule has 9 aliphatic heterocycles. The molecule has 9 heterocycles. The van der Waals surface area contributed by atoms with Gasteiger partial charge in [-0.2, -0.15) is 0 Å². The summed E-state index contributed by atoms with van der Waals surface area (Å²) >= 11 is 0. The number of aliphatic hydroxyl groups excluding tert-OH is 3. The van der Waals surface area contributed by atoms with E-state index >= 15 is 0 Å². The van der Waals surface area contributed by atoms with Crippen LogP contribution in [0.25, 0.3) is 0 Å². The minimum atomic E-state index is -1.17. The fraction of sp³-hybridized carbons (Fsp3) is 0.743. The van der Waals surface area contributed by atoms with Gasteiger partial charge in [0.2, 0.25) is 17.7 Å². The molecular weight excluding hydrogens is 1270 g/mol. The minimum absolute atomic E-state index is 0.0202. The number of benzene rings is 1. The summed E-state index contributed by atoms with van der Waals surface area (Å²) in [7, 11) is 1.57. The smallest absolute Gasteiger partial charge is 0.407 e. The van der Waals surface area contributed by atoms with Crippen LogP contribution in [0.2, 0.25) is 0 Å². The summed E-state index contributed by atoms with van der Waals surface area (Å²) in [5.74, 6) is -4.50. The number of aliphatic hydroxyl groups is 3. The Bertz CT molecular complexity index is 2990. The lowest BCUT2D eigenvalue weighted by Gasteiger charge is -2.47. The van der Waals surface area contributed by atoms with Crippen LogP contribution in [0.3, 0.4) is 0 Å². The van der Waals surface area contributed by atoms with E-state index in [0.29, 0.717) is 86.9 Å². The molecule has 1 aromatic carbocycles. The Balaban J connectivity index is 0.709. The molecule has 0 radical (unpaired) electrons. The van der Waals surface area contributed by atoms with E-state index in [0.717, 1.165) is 30.4 Å². The number of amides is 7. The van der Waals surface area contributed by atoms with Crippen molar-refractivity contribution in [2.24, 2.45) is 23.5 Å². The van der Waals surface area contributed by atoms with Crippen molar-refractivity contribution in [3.05, 3.63) is 54.1 Å². The number of hydroxylamine groups is 2. The van der Waals surface area contributed by atoms with Gasteiger partial charge in [-0.15, -0.1) is 5.06 Å². The lowest BCUT2D eigenvalue weighted by molar-refractivity contribution is -0.277. The van der Waals surface area contributed by atoms with Crippen molar-refractivity contribution in [1.82, 2.24) is 26.3 Å². The van der Waals surface area contributed by atoms with Crippen molar-refractivity contribution in [1.29, 1.82) is 0 Å². The second kappa shape index (κ2) is 34.0. The summed E-state index contributed by atoms with van der Waals surface area (Å²) in [6, 6.07) is 3.56. The number of carbonyl (C=O) groups is 8. The largest absolute Gasteiger partial charge is 0.445 e. The number of fused-ring (bicyclic) bond motifs is 9. The van der Waals surface area contributed by atoms with E-state index in [1.165, 1.54) is 0 Å². The highest BCUT2D eigenvalue weighted by molar-refractivity contribution is 5.98. The first-order valence-corrected chi connectivity index (χ1v) is 35.4. The predicted octanol–water partition coefficient (Wildman–Crippen LogP) is 4.75. The number of primary amides is 1. The van der Waals surface area contributed by atoms with Crippen molar-refractivity contribution in [2.75, 3.05) is 25.5 Å². The number of urea groups is 1. The molecule has 13 unspecified atom stereocenters. The molecule has 10 rings (SSSR count). The van der Waals surface area contributed by atoms with Crippen LogP contribution in [-0.2, 0) is 82.8 Å². The lowest BCUT2D eigenvalue weighted by atomic mass is 9.81. The third kappa shape index (κ3) is 19.5. The fourth-order valence-electron chi connectivity index (χ4n) is 15.6. The third-order valence-corrected chi connectivity index (χ3v) is 20.9. The summed E-state index contributed by atoms with van der Waals surface area (Å²) in [6.45, 7) is 14.3. The summed E-state index contributed by atoms with van der Waals surface area (Å²) < 4.78 is 59.1. The SMILES string of the molecule is C=C1C2C[C@@H]3OC(CC(O)CNC(=O)OCc4ccc(NC(=O)C(CCCNC(N)=O)NC(=O)[C@@H](NC(=O)CCCCCC(=O)ON5C(=O)CCC5O)C(C)C)cc4)[C@H](OC)C3CC(=O)CC3CCC4OC5CC(O[C@@]6(CCC7CC(=C)[C@H](CCC(C[C@H]1C)O2)O7)C[C@@H](O)C5O6)[C@H]4O3. The molecule has 28 heteroatoms. The predicted molar refractivity (Wildman–Crippen MR) is 349 cm³/mol. The van der Waals surface area contributed by atoms with Crippen molar-refractivity contribution in [3.63, 3.8) is 0 Å². The number of hydrogen-bond acceptors (Lipinski definition) is 21. The molecular formula is C70H103N7O21. The Morgan fingerprint density at radius 1 is 0.765 bits per heavy atom. The first kappa shape index (κ1) is 74.5. The van der Waals surface area contributed by atoms with Gasteiger partial charge in [0.05, 0.1) is 79.4 Å². The van der Waals surface area contributed by atoms with E-state index in [9.17, 15) is 53.7 Å². The maximum atomic E-state index is 14.5. The zero-order chi connectivity index (χ0) is 69.9. The summed E-state index contributed by atoms with van der Waals surface area (Å²) in [5.41, 5.74) is 8.15. The standard InChI is InChI=1S/C70H103N7O21/c1-37(2)62(76-58(81)12-8-7-9-13-61(84)98-77-59(82)22-23-60(77)83)67(86)75-49(11-10-26-72-68(71)87)66(85)74-42-16-14-41(15-17-42)36-90-69(88)73-35-44(79)31-55-63(89-6)48-30-43(78)29-46-19-21-52-65(93-46)57-33-56(94-52)64-50(80)34-70(96-57,97-64)25-24-47-28-39(4)51(91-47)20-18-45-27-38(3)40(5)53(92-45)32-54(48)95-55/h14-17,37-38,44-57,59,62-65,79-80,82H,4-5,7-13,18-36H2,1-3,6H3,(H,73,88)(H,74,85)(H,75,86)(H,76,81)(H3,71,72,87)/t38-,44?,45?,46?,47?,48?,49?,50-,51+,52?,53?,54+,55?,56?,57?,59?,62+,63-,64?,65+,70-/m1/s1. The van der Waals surface area contributed by atoms with Crippen molar-refractivity contribution >= 4 is 53.2 Å². The molecule has 98 heavy (non-hydrogen) atoms. The Labute approximate surface area is 572 Å². The first-order chi connectivity index (χ1) is 46.9. The highest BCUT2D eigenvalue weighted by Gasteiger charge is 2.60. The summed E-state index contributed by atoms with van der Waals surface area (Å²) in [4.78, 5) is 109. The van der Waals surface area contributed by atoms with E-state index in [1.54, 1.807) is 45.2 Å². The molecule has 9 aliphatic rings. The van der Waals surface area contributed by atoms with Crippen LogP contribution >= 0.6 is 0 Å². The fourth-order valence-corrected chi connectivity index (χ4v) is 15.6. The van der Waals surface area contributed by atoms with Crippen LogP contribution in [0.1, 0.15) is 174 Å². The number of Topliss-reactive ketones (excluding diaryl/α,β-unsaturated/α-hetero) is 1. The van der Waals surface area contributed by atoms with Crippen LogP contribution in [0, 0.1) is 17.8 Å². The highest BCUT2D eigenvalue weighted by Crippen LogP contribution is 2.49. The number of nitrogens with two attached hydrogens (primary N) is 1. The molecule has 1 aromatic rings. The molecule has 9 fully saturated rings. The van der Waals surface area contributed by atoms with Crippen molar-refractivity contribution in [3.8, 4) is 0 Å². The van der Waals surface area contributed by atoms with Gasteiger partial charge >= 0.3 is 18.1 Å². The molecule has 10 N–H and O–H groups in total. The zero-order valence-corrected chi connectivity index (χ0v) is 56.9. The number of hydrogen-bond donors (Lipinski definition) is 9. The third-order valence-electron chi connectivity index (χ3n) is 20.9. The van der Waals surface area contributed by atoms with E-state index in [1.807, 2.05) is 0 Å². The van der Waals surface area contributed by atoms with Crippen LogP contribution in [-0.4, -0.2) is 204 Å². The van der Waals surface area contributed by atoms with E-state index in [-0.39, 0.29) is 138 Å². The number of anilines is 1. The van der Waals surface area contributed by atoms with E-state index in [2.05, 4.69) is 46.7 Å². The van der Waals surface area contributed by atoms with Gasteiger partial charge in [-0.05, 0) is 111 Å². The average molecular weight is 1380 g/mol. The van der Waals surface area contributed by atoms with Gasteiger partial charge in [0, 0.05) is 102 Å². The van der Waals surface area contributed by atoms with Crippen LogP contribution in [0.15, 0.2) is 48.6 Å². The molecule has 1 spiro atoms. The zero-order valence-electron chi connectivity index (χ0n) is 56.9. The number of unbranched alkanes of at least 4 members (excludes halogenated alkanes) is 2. The molecule has 28 nitrogen and oxygen atoms in total. The topological polar surface area (TPSA) is 379 Å². The number of alkyl carbamates (subject to hydrolysis) is 1. The Morgan fingerprint density at radius 3 is 2.27 bits per heavy atom. The molecule has 21 atom stereocenters. The summed E-state index contributed by atoms with van der Waals surface area (Å²) in [5, 5.41) is 46.8. The molecule has 544 valence electrons. The maximum absolute atomic E-state index is 14.5. The Kier molecular flexibility index (Phi) is 25.8. The number of carbonyl (C=O) groups excluding carboxylic acids is 8. The van der Waals surface area contributed by atoms with Gasteiger partial charge in [-0.3, -0.25) is 24.0 Å². The monoisotopic (exact) mass is 1380 g/mol. The van der Waals surface area contributed by atoms with Gasteiger partial charge in [0.1, 0.15) is 36.7 Å². The Morgan fingerprint density at radius 2 is 1.52 bits per heavy atom. The Hall–Kier alpha value is -6.18. The molecule has 0 aromatic heterocycles. The van der Waals surface area contributed by atoms with E-state index < -0.39 is 121 Å². The van der Waals surface area contributed by atoms with Gasteiger partial charge in [-0.25, -0.2) is 14.4 Å². The van der Waals surface area contributed by atoms with Gasteiger partial charge in [0.25, 0.3) is 5.91 Å². The second-order valence-electron chi connectivity index (χ2n) is 28.7. The number of rotatable bonds is 24. The number of ketones is 1. The van der Waals surface area contributed by atoms with Crippen molar-refractivity contribution < 1.29 is 101 Å². The lowest BCUT2D eigenvalue weighted by Crippen LogP contribution is -2.58. The highest BCUT2D eigenvalue weighted by atomic mass is 16.7. The molecule has 0 saturated carbocycles. The number of nitrogens with one attached hydrogen (secondary N) is 5. The minimum Gasteiger partial charge on any atom is -0.445 e. The molecule has 7 amide bonds. The summed E-state index contributed by atoms with van der Waals surface area (Å²) in [6.07, 6.45) is 0.0759. The average Bonchev–Trinajstić information content (AvgIpc) is 1.58. The molecule has 0 aliphatic carbocycles. The van der Waals surface area contributed by atoms with Crippen LogP contribution in [0.5, 0.6) is 0 Å². The maximum Gasteiger partial charge on any atom is 0.407 e. The normalized spacial score (nSPS) is 34.1. The van der Waals surface area contributed by atoms with Gasteiger partial charge < -0.3 is 95.1 Å². The van der Waals surface area contributed by atoms with Gasteiger partial charge in [0.15, 0.2) is 12.0 Å². The molecule has 9 saturated heterocycles. The quantitative estimate of drug-likeness (QED) is 0.0498. The van der Waals surface area contributed by atoms with Gasteiger partial charge in [-0.1, -0.05) is 52.5 Å². The van der Waals surface area contributed by atoms with Crippen molar-refractivity contribution in [2.45, 2.75) is 291 Å². The molecule has 10 bridgehead atoms. The first-order valence-electron chi connectivity index (χ1n) is 35.4. The van der Waals surface area contributed by atoms with Crippen LogP contribution < -0.4 is 32.3 Å². The number of methoxy groups -OCH3 is 1.